The smallest absolute Gasteiger partial charge is 0.0541 e. The van der Waals surface area contributed by atoms with Crippen molar-refractivity contribution < 1.29 is 0 Å². The molecule has 46 heavy (non-hydrogen) atoms. The maximum Gasteiger partial charge on any atom is 0.0541 e. The maximum absolute atomic E-state index is 2.40. The van der Waals surface area contributed by atoms with E-state index in [1.165, 1.54) is 77.2 Å². The van der Waals surface area contributed by atoms with Crippen LogP contribution in [0.3, 0.4) is 0 Å². The van der Waals surface area contributed by atoms with Gasteiger partial charge in [-0.15, -0.1) is 0 Å². The minimum absolute atomic E-state index is 0.327. The molecule has 9 aromatic rings. The van der Waals surface area contributed by atoms with E-state index in [4.69, 9.17) is 0 Å². The summed E-state index contributed by atoms with van der Waals surface area (Å²) in [6, 6.07) is 61.8. The van der Waals surface area contributed by atoms with Crippen LogP contribution >= 0.6 is 0 Å². The van der Waals surface area contributed by atoms with E-state index in [2.05, 4.69) is 186 Å². The fraction of sp³-hybridized carbons (Fsp3) is 0.0455. The molecule has 9 rings (SSSR count). The van der Waals surface area contributed by atoms with Crippen molar-refractivity contribution in [2.45, 2.75) is 12.8 Å². The van der Waals surface area contributed by atoms with E-state index < -0.39 is 0 Å². The van der Waals surface area contributed by atoms with Crippen molar-refractivity contribution in [1.82, 2.24) is 9.13 Å². The number of para-hydroxylation sites is 3. The van der Waals surface area contributed by atoms with Gasteiger partial charge in [0.1, 0.15) is 0 Å². The second kappa shape index (κ2) is 10.6. The van der Waals surface area contributed by atoms with Gasteiger partial charge in [-0.3, -0.25) is 0 Å². The van der Waals surface area contributed by atoms with E-state index in [1.54, 1.807) is 0 Å². The highest BCUT2D eigenvalue weighted by Crippen LogP contribution is 2.36. The molecule has 0 bridgehead atoms. The number of hydrogen-bond donors (Lipinski definition) is 0. The van der Waals surface area contributed by atoms with E-state index in [0.717, 1.165) is 0 Å². The number of nitrogens with zero attached hydrogens (tertiary/aromatic N) is 2. The lowest BCUT2D eigenvalue weighted by Crippen LogP contribution is -1.97. The van der Waals surface area contributed by atoms with Gasteiger partial charge in [-0.05, 0) is 76.9 Å². The first-order valence-electron chi connectivity index (χ1n) is 16.0. The Morgan fingerprint density at radius 1 is 0.348 bits per heavy atom. The monoisotopic (exact) mass is 588 g/mol. The van der Waals surface area contributed by atoms with Crippen molar-refractivity contribution in [3.8, 4) is 22.5 Å². The van der Waals surface area contributed by atoms with Crippen LogP contribution in [-0.4, -0.2) is 9.13 Å². The van der Waals surface area contributed by atoms with Crippen molar-refractivity contribution in [2.24, 2.45) is 0 Å². The summed E-state index contributed by atoms with van der Waals surface area (Å²) in [5.74, 6) is 0.327. The summed E-state index contributed by atoms with van der Waals surface area (Å²) in [4.78, 5) is 0. The summed E-state index contributed by atoms with van der Waals surface area (Å²) < 4.78 is 4.77. The summed E-state index contributed by atoms with van der Waals surface area (Å²) in [6.07, 6.45) is 0. The molecule has 1 atom stereocenters. The first-order chi connectivity index (χ1) is 22.7. The molecule has 2 nitrogen and oxygen atoms in total. The summed E-state index contributed by atoms with van der Waals surface area (Å²) in [6.45, 7) is 2.30. The molecule has 7 aromatic carbocycles. The SMILES string of the molecule is CC(c1ccccc1)c1ccc2c(c1)c1ccccc1n2-c1ccc(-c2ccc(-n3c4ccccc4c4ccccc43)cc2)cc1. The maximum atomic E-state index is 2.40. The summed E-state index contributed by atoms with van der Waals surface area (Å²) >= 11 is 0. The van der Waals surface area contributed by atoms with E-state index in [-0.39, 0.29) is 0 Å². The van der Waals surface area contributed by atoms with Crippen molar-refractivity contribution in [1.29, 1.82) is 0 Å². The van der Waals surface area contributed by atoms with Gasteiger partial charge in [-0.25, -0.2) is 0 Å². The Labute approximate surface area is 268 Å². The summed E-state index contributed by atoms with van der Waals surface area (Å²) in [5.41, 5.74) is 12.3. The van der Waals surface area contributed by atoms with Crippen LogP contribution < -0.4 is 0 Å². The van der Waals surface area contributed by atoms with Gasteiger partial charge in [0.15, 0.2) is 0 Å². The van der Waals surface area contributed by atoms with Crippen LogP contribution in [-0.2, 0) is 0 Å². The van der Waals surface area contributed by atoms with Crippen LogP contribution in [0, 0.1) is 0 Å². The largest absolute Gasteiger partial charge is 0.309 e. The third-order valence-electron chi connectivity index (χ3n) is 9.66. The Balaban J connectivity index is 1.08. The van der Waals surface area contributed by atoms with Crippen molar-refractivity contribution in [3.63, 3.8) is 0 Å². The predicted molar refractivity (Wildman–Crippen MR) is 195 cm³/mol. The molecule has 0 fully saturated rings. The molecule has 0 aliphatic rings. The topological polar surface area (TPSA) is 9.86 Å². The molecular weight excluding hydrogens is 556 g/mol. The van der Waals surface area contributed by atoms with Crippen LogP contribution in [0.5, 0.6) is 0 Å². The Morgan fingerprint density at radius 2 is 0.761 bits per heavy atom. The van der Waals surface area contributed by atoms with Crippen LogP contribution in [0.4, 0.5) is 0 Å². The highest BCUT2D eigenvalue weighted by molar-refractivity contribution is 6.10. The van der Waals surface area contributed by atoms with E-state index in [9.17, 15) is 0 Å². The van der Waals surface area contributed by atoms with Crippen molar-refractivity contribution in [2.75, 3.05) is 0 Å². The fourth-order valence-corrected chi connectivity index (χ4v) is 7.28. The number of fused-ring (bicyclic) bond motifs is 6. The molecule has 2 heterocycles. The zero-order valence-electron chi connectivity index (χ0n) is 25.6. The molecule has 0 radical (unpaired) electrons. The van der Waals surface area contributed by atoms with Crippen LogP contribution in [0.15, 0.2) is 170 Å². The minimum atomic E-state index is 0.327. The van der Waals surface area contributed by atoms with Gasteiger partial charge in [-0.1, -0.05) is 122 Å². The summed E-state index contributed by atoms with van der Waals surface area (Å²) in [7, 11) is 0. The number of hydrogen-bond acceptors (Lipinski definition) is 0. The van der Waals surface area contributed by atoms with E-state index in [0.29, 0.717) is 5.92 Å². The molecule has 2 heteroatoms. The minimum Gasteiger partial charge on any atom is -0.309 e. The van der Waals surface area contributed by atoms with Crippen molar-refractivity contribution in [3.05, 3.63) is 181 Å². The molecule has 1 unspecified atom stereocenters. The van der Waals surface area contributed by atoms with Gasteiger partial charge < -0.3 is 9.13 Å². The lowest BCUT2D eigenvalue weighted by Gasteiger charge is -2.13. The first kappa shape index (κ1) is 26.5. The third-order valence-corrected chi connectivity index (χ3v) is 9.66. The van der Waals surface area contributed by atoms with Gasteiger partial charge >= 0.3 is 0 Å². The highest BCUT2D eigenvalue weighted by Gasteiger charge is 2.16. The van der Waals surface area contributed by atoms with Crippen molar-refractivity contribution >= 4 is 43.6 Å². The second-order valence-electron chi connectivity index (χ2n) is 12.2. The zero-order chi connectivity index (χ0) is 30.6. The lowest BCUT2D eigenvalue weighted by molar-refractivity contribution is 0.924. The average Bonchev–Trinajstić information content (AvgIpc) is 3.64. The Bertz CT molecular complexity index is 2460. The third kappa shape index (κ3) is 4.18. The van der Waals surface area contributed by atoms with Gasteiger partial charge in [-0.2, -0.15) is 0 Å². The van der Waals surface area contributed by atoms with E-state index >= 15 is 0 Å². The molecular formula is C44H32N2. The highest BCUT2D eigenvalue weighted by atomic mass is 15.0. The summed E-state index contributed by atoms with van der Waals surface area (Å²) in [5, 5.41) is 5.14. The van der Waals surface area contributed by atoms with Crippen LogP contribution in [0.2, 0.25) is 0 Å². The first-order valence-corrected chi connectivity index (χ1v) is 16.0. The Hall–Kier alpha value is -5.86. The Kier molecular flexibility index (Phi) is 6.14. The molecule has 0 saturated heterocycles. The number of benzene rings is 7. The van der Waals surface area contributed by atoms with Gasteiger partial charge in [0.05, 0.1) is 22.1 Å². The molecule has 2 aromatic heterocycles. The molecule has 0 spiro atoms. The normalized spacial score (nSPS) is 12.4. The second-order valence-corrected chi connectivity index (χ2v) is 12.2. The van der Waals surface area contributed by atoms with Gasteiger partial charge in [0.25, 0.3) is 0 Å². The zero-order valence-corrected chi connectivity index (χ0v) is 25.6. The number of aromatic nitrogens is 2. The lowest BCUT2D eigenvalue weighted by atomic mass is 9.92. The predicted octanol–water partition coefficient (Wildman–Crippen LogP) is 11.7. The molecule has 0 saturated carbocycles. The number of rotatable bonds is 5. The van der Waals surface area contributed by atoms with Gasteiger partial charge in [0, 0.05) is 38.8 Å². The molecule has 0 amide bonds. The van der Waals surface area contributed by atoms with Gasteiger partial charge in [0.2, 0.25) is 0 Å². The van der Waals surface area contributed by atoms with Crippen LogP contribution in [0.1, 0.15) is 24.0 Å². The van der Waals surface area contributed by atoms with E-state index in [1.807, 2.05) is 0 Å². The molecule has 218 valence electrons. The molecule has 0 N–H and O–H groups in total. The standard InChI is InChI=1S/C44H32N2/c1-30(31-11-3-2-4-12-31)34-23-28-44-40(29-34)39-15-7-10-18-43(39)46(44)36-26-21-33(22-27-36)32-19-24-35(25-20-32)45-41-16-8-5-13-37(41)38-14-6-9-17-42(38)45/h2-30H,1H3. The Morgan fingerprint density at radius 3 is 1.26 bits per heavy atom. The van der Waals surface area contributed by atoms with Crippen LogP contribution in [0.25, 0.3) is 66.1 Å². The average molecular weight is 589 g/mol. The molecule has 0 aliphatic heterocycles. The fourth-order valence-electron chi connectivity index (χ4n) is 7.28. The quantitative estimate of drug-likeness (QED) is 0.189. The molecule has 0 aliphatic carbocycles.